The first-order valence-corrected chi connectivity index (χ1v) is 10.8. The normalized spacial score (nSPS) is 14.2. The van der Waals surface area contributed by atoms with Crippen LogP contribution in [0, 0.1) is 5.82 Å². The van der Waals surface area contributed by atoms with Gasteiger partial charge in [0.25, 0.3) is 0 Å². The maximum atomic E-state index is 14.1. The molecule has 0 saturated heterocycles. The number of nitrogens with one attached hydrogen (secondary N) is 1. The molecule has 3 aromatic carbocycles. The van der Waals surface area contributed by atoms with Crippen molar-refractivity contribution < 1.29 is 53.7 Å². The van der Waals surface area contributed by atoms with E-state index < -0.39 is 59.6 Å². The lowest BCUT2D eigenvalue weighted by Gasteiger charge is -2.32. The second-order valence-electron chi connectivity index (χ2n) is 8.30. The molecule has 13 heteroatoms. The number of aryl methyl sites for hydroxylation is 1. The van der Waals surface area contributed by atoms with Gasteiger partial charge < -0.3 is 15.2 Å². The van der Waals surface area contributed by atoms with Crippen molar-refractivity contribution in [3.8, 4) is 5.75 Å². The van der Waals surface area contributed by atoms with E-state index in [1.165, 1.54) is 24.3 Å². The Morgan fingerprint density at radius 2 is 1.37 bits per heavy atom. The van der Waals surface area contributed by atoms with Crippen molar-refractivity contribution in [3.63, 3.8) is 0 Å². The number of alkyl halides is 9. The number of hydrogen-bond donors (Lipinski definition) is 2. The van der Waals surface area contributed by atoms with Crippen LogP contribution in [-0.2, 0) is 25.4 Å². The largest absolute Gasteiger partial charge is 0.489 e. The summed E-state index contributed by atoms with van der Waals surface area (Å²) in [4.78, 5) is 0. The van der Waals surface area contributed by atoms with Crippen LogP contribution in [-0.4, -0.2) is 17.0 Å². The summed E-state index contributed by atoms with van der Waals surface area (Å²) in [5.41, 5.74) is -6.45. The Bertz CT molecular complexity index is 1250. The van der Waals surface area contributed by atoms with Gasteiger partial charge >= 0.3 is 18.5 Å². The Balaban J connectivity index is 1.73. The zero-order chi connectivity index (χ0) is 28.4. The first-order valence-electron chi connectivity index (χ1n) is 10.8. The highest BCUT2D eigenvalue weighted by atomic mass is 19.4. The van der Waals surface area contributed by atoms with E-state index in [1.54, 1.807) is 0 Å². The van der Waals surface area contributed by atoms with E-state index in [0.29, 0.717) is 12.1 Å². The van der Waals surface area contributed by atoms with E-state index in [2.05, 4.69) is 0 Å². The monoisotopic (exact) mass is 555 g/mol. The Morgan fingerprint density at radius 3 is 1.97 bits per heavy atom. The molecule has 3 nitrogen and oxygen atoms in total. The number of rotatable bonds is 8. The maximum Gasteiger partial charge on any atom is 0.436 e. The highest BCUT2D eigenvalue weighted by molar-refractivity contribution is 5.50. The lowest BCUT2D eigenvalue weighted by Crippen LogP contribution is -2.52. The molecule has 0 spiro atoms. The van der Waals surface area contributed by atoms with Gasteiger partial charge in [-0.2, -0.15) is 39.5 Å². The second kappa shape index (κ2) is 10.7. The molecule has 2 N–H and O–H groups in total. The average Bonchev–Trinajstić information content (AvgIpc) is 2.80. The molecule has 3 aromatic rings. The minimum atomic E-state index is -5.29. The molecular weight excluding hydrogens is 536 g/mol. The van der Waals surface area contributed by atoms with Crippen molar-refractivity contribution in [3.05, 3.63) is 94.8 Å². The van der Waals surface area contributed by atoms with Crippen molar-refractivity contribution in [2.45, 2.75) is 43.7 Å². The summed E-state index contributed by atoms with van der Waals surface area (Å²) in [6, 6.07) is 10.4. The SMILES string of the molecule is OC(CCc1ccc(C(F)(F)F)cc1F)(Nc1cccc(OCc2cccc(C(F)(F)F)c2)c1)C(F)(F)F. The number of ether oxygens (including phenoxy) is 1. The van der Waals surface area contributed by atoms with Crippen molar-refractivity contribution in [1.82, 2.24) is 0 Å². The molecule has 0 aliphatic carbocycles. The van der Waals surface area contributed by atoms with Gasteiger partial charge in [-0.05, 0) is 53.9 Å². The second-order valence-corrected chi connectivity index (χ2v) is 8.30. The standard InChI is InChI=1S/C25H19F10NO2/c26-21-12-18(24(30,31)32)8-7-16(21)9-10-22(37,25(33,34)35)36-19-5-2-6-20(13-19)38-14-15-3-1-4-17(11-15)23(27,28)29/h1-8,11-13,36-37H,9-10,14H2. The third-order valence-electron chi connectivity index (χ3n) is 5.45. The average molecular weight is 555 g/mol. The molecule has 0 radical (unpaired) electrons. The molecule has 0 heterocycles. The van der Waals surface area contributed by atoms with Gasteiger partial charge in [-0.1, -0.05) is 24.3 Å². The third-order valence-corrected chi connectivity index (χ3v) is 5.45. The summed E-state index contributed by atoms with van der Waals surface area (Å²) < 4.78 is 137. The van der Waals surface area contributed by atoms with Gasteiger partial charge in [0, 0.05) is 18.2 Å². The van der Waals surface area contributed by atoms with Crippen LogP contribution in [0.25, 0.3) is 0 Å². The van der Waals surface area contributed by atoms with Gasteiger partial charge in [0.15, 0.2) is 0 Å². The quantitative estimate of drug-likeness (QED) is 0.221. The van der Waals surface area contributed by atoms with Crippen LogP contribution in [0.2, 0.25) is 0 Å². The van der Waals surface area contributed by atoms with Crippen molar-refractivity contribution in [1.29, 1.82) is 0 Å². The number of anilines is 1. The molecule has 0 saturated carbocycles. The zero-order valence-electron chi connectivity index (χ0n) is 19.1. The Labute approximate surface area is 209 Å². The summed E-state index contributed by atoms with van der Waals surface area (Å²) in [7, 11) is 0. The van der Waals surface area contributed by atoms with Crippen molar-refractivity contribution in [2.24, 2.45) is 0 Å². The number of hydrogen-bond acceptors (Lipinski definition) is 3. The van der Waals surface area contributed by atoms with Gasteiger partial charge in [-0.25, -0.2) is 4.39 Å². The van der Waals surface area contributed by atoms with Crippen LogP contribution in [0.15, 0.2) is 66.7 Å². The van der Waals surface area contributed by atoms with Gasteiger partial charge in [-0.3, -0.25) is 0 Å². The molecule has 1 unspecified atom stereocenters. The van der Waals surface area contributed by atoms with Crippen molar-refractivity contribution in [2.75, 3.05) is 5.32 Å². The third kappa shape index (κ3) is 7.30. The summed E-state index contributed by atoms with van der Waals surface area (Å²) in [5, 5.41) is 12.2. The Morgan fingerprint density at radius 1 is 0.737 bits per heavy atom. The first-order chi connectivity index (χ1) is 17.5. The minimum absolute atomic E-state index is 0.0364. The van der Waals surface area contributed by atoms with Crippen LogP contribution in [0.4, 0.5) is 49.6 Å². The molecule has 0 amide bonds. The van der Waals surface area contributed by atoms with E-state index in [9.17, 15) is 49.0 Å². The number of halogens is 10. The van der Waals surface area contributed by atoms with Gasteiger partial charge in [-0.15, -0.1) is 0 Å². The van der Waals surface area contributed by atoms with E-state index >= 15 is 0 Å². The van der Waals surface area contributed by atoms with Gasteiger partial charge in [0.05, 0.1) is 11.1 Å². The Hall–Kier alpha value is -3.48. The highest BCUT2D eigenvalue weighted by Gasteiger charge is 2.53. The molecule has 0 aliphatic heterocycles. The molecule has 0 aromatic heterocycles. The fourth-order valence-electron chi connectivity index (χ4n) is 3.42. The van der Waals surface area contributed by atoms with Crippen LogP contribution in [0.3, 0.4) is 0 Å². The van der Waals surface area contributed by atoms with E-state index in [4.69, 9.17) is 4.74 Å². The predicted molar refractivity (Wildman–Crippen MR) is 117 cm³/mol. The van der Waals surface area contributed by atoms with Gasteiger partial charge in [0.1, 0.15) is 18.2 Å². The van der Waals surface area contributed by atoms with E-state index in [1.807, 2.05) is 5.32 Å². The molecule has 0 fully saturated rings. The maximum absolute atomic E-state index is 14.1. The molecule has 1 atom stereocenters. The van der Waals surface area contributed by atoms with Crippen molar-refractivity contribution >= 4 is 5.69 Å². The molecular formula is C25H19F10NO2. The molecule has 0 aliphatic rings. The summed E-state index contributed by atoms with van der Waals surface area (Å²) >= 11 is 0. The lowest BCUT2D eigenvalue weighted by atomic mass is 9.99. The minimum Gasteiger partial charge on any atom is -0.489 e. The van der Waals surface area contributed by atoms with Crippen LogP contribution >= 0.6 is 0 Å². The summed E-state index contributed by atoms with van der Waals surface area (Å²) in [6.07, 6.45) is -16.6. The van der Waals surface area contributed by atoms with Crippen LogP contribution < -0.4 is 10.1 Å². The fraction of sp³-hybridized carbons (Fsp3) is 0.280. The molecule has 0 bridgehead atoms. The zero-order valence-corrected chi connectivity index (χ0v) is 19.1. The smallest absolute Gasteiger partial charge is 0.436 e. The molecule has 206 valence electrons. The van der Waals surface area contributed by atoms with Gasteiger partial charge in [0.2, 0.25) is 5.72 Å². The number of aliphatic hydroxyl groups is 1. The molecule has 38 heavy (non-hydrogen) atoms. The molecule has 3 rings (SSSR count). The van der Waals surface area contributed by atoms with Crippen LogP contribution in [0.5, 0.6) is 5.75 Å². The van der Waals surface area contributed by atoms with Crippen LogP contribution in [0.1, 0.15) is 28.7 Å². The first kappa shape index (κ1) is 29.1. The van der Waals surface area contributed by atoms with E-state index in [-0.39, 0.29) is 29.7 Å². The summed E-state index contributed by atoms with van der Waals surface area (Å²) in [6.45, 7) is -0.343. The Kier molecular flexibility index (Phi) is 8.20. The number of benzene rings is 3. The van der Waals surface area contributed by atoms with E-state index in [0.717, 1.165) is 24.3 Å². The highest BCUT2D eigenvalue weighted by Crippen LogP contribution is 2.37. The lowest BCUT2D eigenvalue weighted by molar-refractivity contribution is -0.250. The topological polar surface area (TPSA) is 41.5 Å². The summed E-state index contributed by atoms with van der Waals surface area (Å²) in [5.74, 6) is -1.42. The predicted octanol–water partition coefficient (Wildman–Crippen LogP) is 7.74. The fourth-order valence-corrected chi connectivity index (χ4v) is 3.42.